The predicted molar refractivity (Wildman–Crippen MR) is 84.3 cm³/mol. The normalized spacial score (nSPS) is 18.0. The molecule has 0 unspecified atom stereocenters. The van der Waals surface area contributed by atoms with Crippen molar-refractivity contribution < 1.29 is 8.42 Å². The zero-order chi connectivity index (χ0) is 15.0. The van der Waals surface area contributed by atoms with Crippen molar-refractivity contribution in [1.29, 1.82) is 0 Å². The third-order valence-electron chi connectivity index (χ3n) is 3.97. The third kappa shape index (κ3) is 2.65. The summed E-state index contributed by atoms with van der Waals surface area (Å²) in [6.07, 6.45) is 4.01. The number of sulfonamides is 1. The second kappa shape index (κ2) is 5.55. The van der Waals surface area contributed by atoms with E-state index in [0.717, 1.165) is 47.2 Å². The highest BCUT2D eigenvalue weighted by Crippen LogP contribution is 2.25. The Morgan fingerprint density at radius 2 is 1.76 bits per heavy atom. The molecule has 1 saturated heterocycles. The fourth-order valence-electron chi connectivity index (χ4n) is 2.71. The SMILES string of the molecule is Cn1c(=O)sc2cc(S(=O)(=O)N3CCCCCC3)ccc21. The molecule has 1 aromatic carbocycles. The highest BCUT2D eigenvalue weighted by atomic mass is 32.2. The fraction of sp³-hybridized carbons (Fsp3) is 0.500. The molecule has 7 heteroatoms. The summed E-state index contributed by atoms with van der Waals surface area (Å²) in [5, 5.41) is 0. The molecule has 3 rings (SSSR count). The second-order valence-corrected chi connectivity index (χ2v) is 8.31. The molecule has 0 saturated carbocycles. The van der Waals surface area contributed by atoms with E-state index < -0.39 is 10.0 Å². The van der Waals surface area contributed by atoms with Gasteiger partial charge in [0.15, 0.2) is 0 Å². The van der Waals surface area contributed by atoms with Crippen molar-refractivity contribution in [2.75, 3.05) is 13.1 Å². The molecule has 0 atom stereocenters. The van der Waals surface area contributed by atoms with Crippen LogP contribution in [0.15, 0.2) is 27.9 Å². The summed E-state index contributed by atoms with van der Waals surface area (Å²) in [6.45, 7) is 1.18. The molecule has 0 bridgehead atoms. The Morgan fingerprint density at radius 3 is 2.43 bits per heavy atom. The fourth-order valence-corrected chi connectivity index (χ4v) is 5.24. The lowest BCUT2D eigenvalue weighted by Gasteiger charge is -2.19. The minimum atomic E-state index is -3.45. The van der Waals surface area contributed by atoms with Crippen molar-refractivity contribution in [2.24, 2.45) is 7.05 Å². The summed E-state index contributed by atoms with van der Waals surface area (Å²) >= 11 is 1.08. The first-order valence-corrected chi connectivity index (χ1v) is 9.35. The number of aromatic nitrogens is 1. The molecule has 21 heavy (non-hydrogen) atoms. The molecule has 114 valence electrons. The highest BCUT2D eigenvalue weighted by Gasteiger charge is 2.25. The van der Waals surface area contributed by atoms with Gasteiger partial charge in [-0.1, -0.05) is 24.2 Å². The van der Waals surface area contributed by atoms with Crippen LogP contribution in [0.5, 0.6) is 0 Å². The molecule has 5 nitrogen and oxygen atoms in total. The van der Waals surface area contributed by atoms with E-state index in [-0.39, 0.29) is 4.87 Å². The summed E-state index contributed by atoms with van der Waals surface area (Å²) in [5.41, 5.74) is 0.778. The number of hydrogen-bond acceptors (Lipinski definition) is 4. The Balaban J connectivity index is 2.03. The van der Waals surface area contributed by atoms with Crippen molar-refractivity contribution in [3.8, 4) is 0 Å². The van der Waals surface area contributed by atoms with Crippen LogP contribution >= 0.6 is 11.3 Å². The topological polar surface area (TPSA) is 59.4 Å². The Kier molecular flexibility index (Phi) is 3.90. The number of fused-ring (bicyclic) bond motifs is 1. The van der Waals surface area contributed by atoms with Gasteiger partial charge in [0, 0.05) is 20.1 Å². The van der Waals surface area contributed by atoms with E-state index in [2.05, 4.69) is 0 Å². The van der Waals surface area contributed by atoms with Crippen molar-refractivity contribution >= 4 is 31.6 Å². The van der Waals surface area contributed by atoms with Crippen molar-refractivity contribution in [1.82, 2.24) is 8.87 Å². The highest BCUT2D eigenvalue weighted by molar-refractivity contribution is 7.89. The lowest BCUT2D eigenvalue weighted by Crippen LogP contribution is -2.31. The molecular formula is C14H18N2O3S2. The second-order valence-electron chi connectivity index (χ2n) is 5.37. The first-order chi connectivity index (χ1) is 10.00. The van der Waals surface area contributed by atoms with Gasteiger partial charge in [-0.25, -0.2) is 8.42 Å². The van der Waals surface area contributed by atoms with Gasteiger partial charge in [0.2, 0.25) is 10.0 Å². The maximum Gasteiger partial charge on any atom is 0.307 e. The van der Waals surface area contributed by atoms with Crippen LogP contribution in [-0.4, -0.2) is 30.4 Å². The molecular weight excluding hydrogens is 308 g/mol. The van der Waals surface area contributed by atoms with Gasteiger partial charge >= 0.3 is 4.87 Å². The number of hydrogen-bond donors (Lipinski definition) is 0. The maximum absolute atomic E-state index is 12.7. The van der Waals surface area contributed by atoms with E-state index in [9.17, 15) is 13.2 Å². The molecule has 1 aromatic heterocycles. The lowest BCUT2D eigenvalue weighted by atomic mass is 10.2. The molecule has 0 amide bonds. The number of benzene rings is 1. The van der Waals surface area contributed by atoms with Gasteiger partial charge in [-0.2, -0.15) is 4.31 Å². The summed E-state index contributed by atoms with van der Waals surface area (Å²) < 4.78 is 29.3. The Hall–Kier alpha value is -1.18. The van der Waals surface area contributed by atoms with Gasteiger partial charge < -0.3 is 4.57 Å². The first-order valence-electron chi connectivity index (χ1n) is 7.10. The summed E-state index contributed by atoms with van der Waals surface area (Å²) in [5.74, 6) is 0. The molecule has 1 aliphatic rings. The van der Waals surface area contributed by atoms with Crippen LogP contribution in [0.1, 0.15) is 25.7 Å². The quantitative estimate of drug-likeness (QED) is 0.850. The molecule has 2 aromatic rings. The average molecular weight is 326 g/mol. The van der Waals surface area contributed by atoms with Crippen LogP contribution in [0.2, 0.25) is 0 Å². The number of aryl methyl sites for hydroxylation is 1. The van der Waals surface area contributed by atoms with Crippen molar-refractivity contribution in [2.45, 2.75) is 30.6 Å². The zero-order valence-corrected chi connectivity index (χ0v) is 13.5. The molecule has 0 aliphatic carbocycles. The lowest BCUT2D eigenvalue weighted by molar-refractivity contribution is 0.424. The van der Waals surface area contributed by atoms with E-state index in [1.807, 2.05) is 0 Å². The van der Waals surface area contributed by atoms with Crippen molar-refractivity contribution in [3.63, 3.8) is 0 Å². The van der Waals surface area contributed by atoms with E-state index >= 15 is 0 Å². The van der Waals surface area contributed by atoms with Gasteiger partial charge in [-0.3, -0.25) is 4.79 Å². The molecule has 0 radical (unpaired) electrons. The summed E-state index contributed by atoms with van der Waals surface area (Å²) in [6, 6.07) is 4.95. The Labute approximate surface area is 127 Å². The smallest absolute Gasteiger partial charge is 0.302 e. The van der Waals surface area contributed by atoms with Crippen LogP contribution in [0.25, 0.3) is 10.2 Å². The van der Waals surface area contributed by atoms with E-state index in [1.165, 1.54) is 0 Å². The van der Waals surface area contributed by atoms with Gasteiger partial charge in [0.25, 0.3) is 0 Å². The number of nitrogens with zero attached hydrogens (tertiary/aromatic N) is 2. The van der Waals surface area contributed by atoms with E-state index in [1.54, 1.807) is 34.1 Å². The third-order valence-corrected chi connectivity index (χ3v) is 6.86. The minimum Gasteiger partial charge on any atom is -0.302 e. The van der Waals surface area contributed by atoms with Gasteiger partial charge in [-0.05, 0) is 31.0 Å². The number of rotatable bonds is 2. The van der Waals surface area contributed by atoms with Crippen LogP contribution in [0.3, 0.4) is 0 Å². The summed E-state index contributed by atoms with van der Waals surface area (Å²) in [7, 11) is -1.75. The van der Waals surface area contributed by atoms with Crippen LogP contribution in [0.4, 0.5) is 0 Å². The van der Waals surface area contributed by atoms with Gasteiger partial charge in [-0.15, -0.1) is 0 Å². The van der Waals surface area contributed by atoms with E-state index in [0.29, 0.717) is 18.0 Å². The van der Waals surface area contributed by atoms with Crippen molar-refractivity contribution in [3.05, 3.63) is 27.9 Å². The molecule has 2 heterocycles. The monoisotopic (exact) mass is 326 g/mol. The van der Waals surface area contributed by atoms with Gasteiger partial charge in [0.05, 0.1) is 15.1 Å². The molecule has 0 spiro atoms. The maximum atomic E-state index is 12.7. The van der Waals surface area contributed by atoms with Crippen LogP contribution in [-0.2, 0) is 17.1 Å². The first kappa shape index (κ1) is 14.7. The Bertz CT molecular complexity index is 812. The van der Waals surface area contributed by atoms with Crippen LogP contribution in [0, 0.1) is 0 Å². The van der Waals surface area contributed by atoms with Gasteiger partial charge in [0.1, 0.15) is 0 Å². The molecule has 1 aliphatic heterocycles. The minimum absolute atomic E-state index is 0.0747. The number of thiazole rings is 1. The standard InChI is InChI=1S/C14H18N2O3S2/c1-15-12-7-6-11(10-13(12)20-14(15)17)21(18,19)16-8-4-2-3-5-9-16/h6-7,10H,2-5,8-9H2,1H3. The summed E-state index contributed by atoms with van der Waals surface area (Å²) in [4.78, 5) is 11.9. The molecule has 0 N–H and O–H groups in total. The average Bonchev–Trinajstić information content (AvgIpc) is 2.67. The van der Waals surface area contributed by atoms with E-state index in [4.69, 9.17) is 0 Å². The Morgan fingerprint density at radius 1 is 1.10 bits per heavy atom. The molecule has 1 fully saturated rings. The zero-order valence-electron chi connectivity index (χ0n) is 11.9. The largest absolute Gasteiger partial charge is 0.307 e. The van der Waals surface area contributed by atoms with Crippen LogP contribution < -0.4 is 4.87 Å². The predicted octanol–water partition coefficient (Wildman–Crippen LogP) is 2.16.